The fourth-order valence-electron chi connectivity index (χ4n) is 4.76. The highest BCUT2D eigenvalue weighted by molar-refractivity contribution is 6.34. The van der Waals surface area contributed by atoms with Crippen LogP contribution in [0.3, 0.4) is 0 Å². The van der Waals surface area contributed by atoms with Crippen molar-refractivity contribution in [1.29, 1.82) is 0 Å². The Kier molecular flexibility index (Phi) is 13.1. The molecule has 0 spiro atoms. The number of hydrogen-bond donors (Lipinski definition) is 3. The average molecular weight is 588 g/mol. The van der Waals surface area contributed by atoms with Crippen molar-refractivity contribution < 1.29 is 24.2 Å². The minimum atomic E-state index is -1.30. The van der Waals surface area contributed by atoms with Crippen LogP contribution >= 0.6 is 11.6 Å². The number of carbonyl (C=O) groups is 3. The van der Waals surface area contributed by atoms with Gasteiger partial charge in [0, 0.05) is 6.54 Å². The van der Waals surface area contributed by atoms with E-state index in [0.717, 1.165) is 42.4 Å². The van der Waals surface area contributed by atoms with Gasteiger partial charge in [-0.2, -0.15) is 0 Å². The quantitative estimate of drug-likeness (QED) is 0.228. The van der Waals surface area contributed by atoms with Gasteiger partial charge in [0.05, 0.1) is 17.3 Å². The van der Waals surface area contributed by atoms with Gasteiger partial charge in [-0.3, -0.25) is 9.59 Å². The van der Waals surface area contributed by atoms with E-state index in [1.54, 1.807) is 32.9 Å². The molecule has 2 aromatic carbocycles. The second kappa shape index (κ2) is 15.8. The molecular weight excluding hydrogens is 542 g/mol. The summed E-state index contributed by atoms with van der Waals surface area (Å²) in [6.45, 7) is 12.5. The normalized spacial score (nSPS) is 12.8. The van der Waals surface area contributed by atoms with Crippen LogP contribution in [0.2, 0.25) is 5.02 Å². The van der Waals surface area contributed by atoms with Gasteiger partial charge in [0.25, 0.3) is 5.91 Å². The molecule has 3 amide bonds. The molecule has 0 aliphatic carbocycles. The Morgan fingerprint density at radius 1 is 0.951 bits per heavy atom. The Morgan fingerprint density at radius 2 is 1.54 bits per heavy atom. The van der Waals surface area contributed by atoms with E-state index in [0.29, 0.717) is 22.7 Å². The number of hydrogen-bond acceptors (Lipinski definition) is 5. The first-order valence-corrected chi connectivity index (χ1v) is 14.7. The molecule has 0 aliphatic heterocycles. The highest BCUT2D eigenvalue weighted by Crippen LogP contribution is 2.32. The van der Waals surface area contributed by atoms with Crippen LogP contribution in [-0.4, -0.2) is 52.7 Å². The summed E-state index contributed by atoms with van der Waals surface area (Å²) in [6.07, 6.45) is 3.83. The van der Waals surface area contributed by atoms with Crippen LogP contribution < -0.4 is 10.6 Å². The molecular formula is C32H46ClN3O5. The molecule has 0 aliphatic rings. The summed E-state index contributed by atoms with van der Waals surface area (Å²) in [7, 11) is 0. The van der Waals surface area contributed by atoms with Crippen LogP contribution in [0.25, 0.3) is 0 Å². The van der Waals surface area contributed by atoms with Crippen LogP contribution in [0.15, 0.2) is 36.4 Å². The number of unbranched alkanes of at least 4 members (excludes halogenated alkanes) is 4. The maximum Gasteiger partial charge on any atom is 0.408 e. The smallest absolute Gasteiger partial charge is 0.408 e. The van der Waals surface area contributed by atoms with Gasteiger partial charge in [-0.25, -0.2) is 4.79 Å². The molecule has 0 fully saturated rings. The highest BCUT2D eigenvalue weighted by atomic mass is 35.5. The Bertz CT molecular complexity index is 1150. The van der Waals surface area contributed by atoms with Crippen molar-refractivity contribution in [3.05, 3.63) is 63.7 Å². The van der Waals surface area contributed by atoms with Crippen LogP contribution in [0.5, 0.6) is 0 Å². The lowest BCUT2D eigenvalue weighted by molar-refractivity contribution is -0.141. The number of amides is 3. The number of aryl methyl sites for hydroxylation is 3. The number of benzene rings is 2. The molecule has 0 aromatic heterocycles. The second-order valence-corrected chi connectivity index (χ2v) is 11.9. The highest BCUT2D eigenvalue weighted by Gasteiger charge is 2.37. The van der Waals surface area contributed by atoms with Gasteiger partial charge in [-0.1, -0.05) is 74.5 Å². The van der Waals surface area contributed by atoms with E-state index in [-0.39, 0.29) is 6.54 Å². The first-order chi connectivity index (χ1) is 19.3. The monoisotopic (exact) mass is 587 g/mol. The van der Waals surface area contributed by atoms with Crippen molar-refractivity contribution in [2.24, 2.45) is 0 Å². The molecule has 0 saturated carbocycles. The standard InChI is InChI=1S/C32H46ClN3O5/c1-8-9-10-11-12-19-36(30(39)25(20-37)34-31(40)41-32(5,6)7)28(26-21(2)15-13-16-22(26)3)29(38)35-27-23(4)17-14-18-24(27)33/h13-18,25,28,37H,8-12,19-20H2,1-7H3,(H,34,40)(H,35,38). The zero-order chi connectivity index (χ0) is 30.7. The SMILES string of the molecule is CCCCCCCN(C(=O)C(CO)NC(=O)OC(C)(C)C)C(C(=O)Nc1c(C)cccc1Cl)c1c(C)cccc1C. The molecule has 2 atom stereocenters. The fraction of sp³-hybridized carbons (Fsp3) is 0.531. The maximum absolute atomic E-state index is 14.2. The fourth-order valence-corrected chi connectivity index (χ4v) is 5.03. The van der Waals surface area contributed by atoms with Crippen molar-refractivity contribution in [2.45, 2.75) is 98.3 Å². The van der Waals surface area contributed by atoms with Crippen LogP contribution in [-0.2, 0) is 14.3 Å². The average Bonchev–Trinajstić information content (AvgIpc) is 2.88. The number of carbonyl (C=O) groups excluding carboxylic acids is 3. The van der Waals surface area contributed by atoms with Crippen LogP contribution in [0, 0.1) is 20.8 Å². The number of rotatable bonds is 13. The third-order valence-corrected chi connectivity index (χ3v) is 7.12. The Hall–Kier alpha value is -3.10. The topological polar surface area (TPSA) is 108 Å². The zero-order valence-corrected chi connectivity index (χ0v) is 26.2. The number of nitrogens with zero attached hydrogens (tertiary/aromatic N) is 1. The van der Waals surface area contributed by atoms with Crippen molar-refractivity contribution in [1.82, 2.24) is 10.2 Å². The third-order valence-electron chi connectivity index (χ3n) is 6.80. The van der Waals surface area contributed by atoms with Gasteiger partial charge in [0.1, 0.15) is 17.7 Å². The lowest BCUT2D eigenvalue weighted by Gasteiger charge is -2.35. The minimum Gasteiger partial charge on any atom is -0.444 e. The largest absolute Gasteiger partial charge is 0.444 e. The van der Waals surface area contributed by atoms with E-state index in [2.05, 4.69) is 17.6 Å². The molecule has 41 heavy (non-hydrogen) atoms. The predicted octanol–water partition coefficient (Wildman–Crippen LogP) is 6.63. The summed E-state index contributed by atoms with van der Waals surface area (Å²) in [5.41, 5.74) is 2.82. The van der Waals surface area contributed by atoms with E-state index in [4.69, 9.17) is 16.3 Å². The molecule has 8 nitrogen and oxygen atoms in total. The number of halogens is 1. The zero-order valence-electron chi connectivity index (χ0n) is 25.5. The number of anilines is 1. The summed E-state index contributed by atoms with van der Waals surface area (Å²) in [6, 6.07) is 8.70. The second-order valence-electron chi connectivity index (χ2n) is 11.5. The number of aliphatic hydroxyl groups excluding tert-OH is 1. The predicted molar refractivity (Wildman–Crippen MR) is 164 cm³/mol. The molecule has 0 radical (unpaired) electrons. The Balaban J connectivity index is 2.58. The Morgan fingerprint density at radius 3 is 2.10 bits per heavy atom. The molecule has 3 N–H and O–H groups in total. The van der Waals surface area contributed by atoms with Gasteiger partial charge in [-0.05, 0) is 76.3 Å². The van der Waals surface area contributed by atoms with Gasteiger partial charge in [0.2, 0.25) is 5.91 Å². The summed E-state index contributed by atoms with van der Waals surface area (Å²) in [5, 5.41) is 16.1. The maximum atomic E-state index is 14.2. The summed E-state index contributed by atoms with van der Waals surface area (Å²) in [4.78, 5) is 42.3. The van der Waals surface area contributed by atoms with E-state index in [9.17, 15) is 19.5 Å². The van der Waals surface area contributed by atoms with Gasteiger partial charge < -0.3 is 25.4 Å². The van der Waals surface area contributed by atoms with Gasteiger partial charge >= 0.3 is 6.09 Å². The number of nitrogens with one attached hydrogen (secondary N) is 2. The van der Waals surface area contributed by atoms with Crippen LogP contribution in [0.1, 0.15) is 88.1 Å². The summed E-state index contributed by atoms with van der Waals surface area (Å²) >= 11 is 6.45. The molecule has 0 saturated heterocycles. The van der Waals surface area contributed by atoms with Gasteiger partial charge in [0.15, 0.2) is 0 Å². The summed E-state index contributed by atoms with van der Waals surface area (Å²) in [5.74, 6) is -1.01. The minimum absolute atomic E-state index is 0.252. The molecule has 226 valence electrons. The summed E-state index contributed by atoms with van der Waals surface area (Å²) < 4.78 is 5.34. The van der Waals surface area contributed by atoms with Crippen LogP contribution in [0.4, 0.5) is 10.5 Å². The van der Waals surface area contributed by atoms with E-state index in [1.807, 2.05) is 45.0 Å². The molecule has 9 heteroatoms. The van der Waals surface area contributed by atoms with Gasteiger partial charge in [-0.15, -0.1) is 0 Å². The molecule has 2 rings (SSSR count). The number of alkyl carbamates (subject to hydrolysis) is 1. The Labute approximate surface area is 249 Å². The molecule has 0 heterocycles. The molecule has 2 unspecified atom stereocenters. The number of ether oxygens (including phenoxy) is 1. The van der Waals surface area contributed by atoms with E-state index in [1.165, 1.54) is 4.90 Å². The van der Waals surface area contributed by atoms with E-state index >= 15 is 0 Å². The van der Waals surface area contributed by atoms with E-state index < -0.39 is 42.2 Å². The van der Waals surface area contributed by atoms with Crippen molar-refractivity contribution in [3.8, 4) is 0 Å². The van der Waals surface area contributed by atoms with Crippen molar-refractivity contribution >= 4 is 35.2 Å². The molecule has 0 bridgehead atoms. The third kappa shape index (κ3) is 10.0. The van der Waals surface area contributed by atoms with Crippen molar-refractivity contribution in [3.63, 3.8) is 0 Å². The number of aliphatic hydroxyl groups is 1. The molecule has 2 aromatic rings. The lowest BCUT2D eigenvalue weighted by atomic mass is 9.93. The van der Waals surface area contributed by atoms with Crippen molar-refractivity contribution in [2.75, 3.05) is 18.5 Å². The lowest BCUT2D eigenvalue weighted by Crippen LogP contribution is -2.54. The first-order valence-electron chi connectivity index (χ1n) is 14.3. The number of para-hydroxylation sites is 1. The first kappa shape index (κ1) is 34.1.